The molecule has 1 aliphatic rings. The number of hydrogen-bond donors (Lipinski definition) is 1. The summed E-state index contributed by atoms with van der Waals surface area (Å²) >= 11 is 0. The molecule has 118 valence electrons. The van der Waals surface area contributed by atoms with Crippen molar-refractivity contribution in [3.8, 4) is 0 Å². The lowest BCUT2D eigenvalue weighted by Gasteiger charge is -2.32. The molecule has 6 heteroatoms. The van der Waals surface area contributed by atoms with Crippen molar-refractivity contribution >= 4 is 0 Å². The van der Waals surface area contributed by atoms with Crippen molar-refractivity contribution < 1.29 is 4.39 Å². The van der Waals surface area contributed by atoms with Gasteiger partial charge in [0.25, 0.3) is 0 Å². The Morgan fingerprint density at radius 2 is 1.95 bits per heavy atom. The van der Waals surface area contributed by atoms with Crippen molar-refractivity contribution in [2.24, 2.45) is 5.41 Å². The summed E-state index contributed by atoms with van der Waals surface area (Å²) in [7, 11) is 0. The second-order valence-electron chi connectivity index (χ2n) is 7.00. The molecule has 1 aromatic heterocycles. The molecule has 0 radical (unpaired) electrons. The highest BCUT2D eigenvalue weighted by atomic mass is 19.1. The number of tetrazole rings is 1. The zero-order chi connectivity index (χ0) is 15.7. The van der Waals surface area contributed by atoms with Gasteiger partial charge in [-0.2, -0.15) is 0 Å². The van der Waals surface area contributed by atoms with Gasteiger partial charge in [-0.3, -0.25) is 0 Å². The van der Waals surface area contributed by atoms with Gasteiger partial charge in [0.05, 0.1) is 12.6 Å². The van der Waals surface area contributed by atoms with Gasteiger partial charge in [-0.25, -0.2) is 9.07 Å². The predicted molar refractivity (Wildman–Crippen MR) is 81.5 cm³/mol. The lowest BCUT2D eigenvalue weighted by Crippen LogP contribution is -2.32. The number of nitrogens with one attached hydrogen (secondary N) is 1. The molecule has 5 nitrogen and oxygen atoms in total. The summed E-state index contributed by atoms with van der Waals surface area (Å²) in [5.41, 5.74) is 1.06. The van der Waals surface area contributed by atoms with Crippen LogP contribution in [0.2, 0.25) is 0 Å². The highest BCUT2D eigenvalue weighted by molar-refractivity contribution is 5.21. The van der Waals surface area contributed by atoms with E-state index >= 15 is 0 Å². The van der Waals surface area contributed by atoms with Gasteiger partial charge in [0.15, 0.2) is 5.82 Å². The number of aromatic nitrogens is 4. The van der Waals surface area contributed by atoms with Gasteiger partial charge in [-0.1, -0.05) is 32.9 Å². The monoisotopic (exact) mass is 303 g/mol. The number of halogens is 1. The molecule has 1 heterocycles. The van der Waals surface area contributed by atoms with Crippen LogP contribution in [-0.4, -0.2) is 20.2 Å². The highest BCUT2D eigenvalue weighted by Crippen LogP contribution is 2.35. The van der Waals surface area contributed by atoms with E-state index in [0.29, 0.717) is 12.6 Å². The van der Waals surface area contributed by atoms with Crippen LogP contribution in [0.25, 0.3) is 0 Å². The van der Waals surface area contributed by atoms with E-state index in [1.165, 1.54) is 12.1 Å². The molecule has 0 saturated heterocycles. The summed E-state index contributed by atoms with van der Waals surface area (Å²) < 4.78 is 15.1. The Bertz CT molecular complexity index is 625. The number of nitrogens with zero attached hydrogens (tertiary/aromatic N) is 4. The van der Waals surface area contributed by atoms with E-state index in [9.17, 15) is 4.39 Å². The highest BCUT2D eigenvalue weighted by Gasteiger charge is 2.29. The molecule has 1 aromatic carbocycles. The van der Waals surface area contributed by atoms with Crippen LogP contribution in [-0.2, 0) is 6.54 Å². The molecule has 1 aliphatic carbocycles. The van der Waals surface area contributed by atoms with Crippen LogP contribution in [0.15, 0.2) is 24.3 Å². The van der Waals surface area contributed by atoms with Crippen LogP contribution in [0, 0.1) is 11.2 Å². The van der Waals surface area contributed by atoms with E-state index in [-0.39, 0.29) is 17.3 Å². The Labute approximate surface area is 129 Å². The topological polar surface area (TPSA) is 55.6 Å². The molecule has 0 aliphatic heterocycles. The van der Waals surface area contributed by atoms with Crippen LogP contribution in [0.4, 0.5) is 4.39 Å². The van der Waals surface area contributed by atoms with E-state index < -0.39 is 0 Å². The van der Waals surface area contributed by atoms with Crippen LogP contribution in [0.3, 0.4) is 0 Å². The van der Waals surface area contributed by atoms with E-state index in [2.05, 4.69) is 41.6 Å². The van der Waals surface area contributed by atoms with Gasteiger partial charge >= 0.3 is 0 Å². The minimum absolute atomic E-state index is 0.00428. The van der Waals surface area contributed by atoms with E-state index in [1.807, 2.05) is 16.8 Å². The largest absolute Gasteiger partial charge is 0.302 e. The van der Waals surface area contributed by atoms with Crippen molar-refractivity contribution in [2.75, 3.05) is 0 Å². The average Bonchev–Trinajstić information content (AvgIpc) is 3.19. The zero-order valence-corrected chi connectivity index (χ0v) is 13.3. The van der Waals surface area contributed by atoms with Crippen LogP contribution in [0.1, 0.15) is 57.1 Å². The van der Waals surface area contributed by atoms with Gasteiger partial charge in [0, 0.05) is 6.04 Å². The van der Waals surface area contributed by atoms with Gasteiger partial charge in [0.1, 0.15) is 5.82 Å². The summed E-state index contributed by atoms with van der Waals surface area (Å²) in [5.74, 6) is 0.646. The van der Waals surface area contributed by atoms with Crippen molar-refractivity contribution in [3.63, 3.8) is 0 Å². The third kappa shape index (κ3) is 3.32. The normalized spacial score (nSPS) is 16.7. The fourth-order valence-electron chi connectivity index (χ4n) is 2.70. The molecule has 22 heavy (non-hydrogen) atoms. The molecule has 0 amide bonds. The Kier molecular flexibility index (Phi) is 3.95. The number of hydrogen-bond acceptors (Lipinski definition) is 4. The van der Waals surface area contributed by atoms with Crippen LogP contribution in [0.5, 0.6) is 0 Å². The third-order valence-corrected chi connectivity index (χ3v) is 3.99. The second-order valence-corrected chi connectivity index (χ2v) is 7.00. The molecule has 3 rings (SSSR count). The summed E-state index contributed by atoms with van der Waals surface area (Å²) in [4.78, 5) is 0. The van der Waals surface area contributed by atoms with E-state index in [0.717, 1.165) is 24.2 Å². The summed E-state index contributed by atoms with van der Waals surface area (Å²) in [6, 6.07) is 7.24. The molecular weight excluding hydrogens is 281 g/mol. The van der Waals surface area contributed by atoms with Crippen LogP contribution < -0.4 is 5.32 Å². The van der Waals surface area contributed by atoms with Crippen molar-refractivity contribution in [1.29, 1.82) is 0 Å². The Hall–Kier alpha value is -1.82. The Morgan fingerprint density at radius 1 is 1.27 bits per heavy atom. The average molecular weight is 303 g/mol. The maximum atomic E-state index is 13.2. The zero-order valence-electron chi connectivity index (χ0n) is 13.3. The molecule has 1 fully saturated rings. The summed E-state index contributed by atoms with van der Waals surface area (Å²) in [5, 5.41) is 15.5. The number of benzene rings is 1. The maximum Gasteiger partial charge on any atom is 0.165 e. The first-order valence-electron chi connectivity index (χ1n) is 7.71. The fraction of sp³-hybridized carbons (Fsp3) is 0.562. The molecule has 0 spiro atoms. The number of rotatable bonds is 5. The minimum Gasteiger partial charge on any atom is -0.302 e. The second kappa shape index (κ2) is 5.76. The SMILES string of the molecule is CC(C)(C)C(NCc1nnnn1C1CC1)c1ccc(F)cc1. The van der Waals surface area contributed by atoms with Crippen molar-refractivity contribution in [1.82, 2.24) is 25.5 Å². The minimum atomic E-state index is -0.214. The predicted octanol–water partition coefficient (Wildman–Crippen LogP) is 3.02. The van der Waals surface area contributed by atoms with Gasteiger partial charge in [-0.05, 0) is 46.4 Å². The Morgan fingerprint density at radius 3 is 2.55 bits per heavy atom. The smallest absolute Gasteiger partial charge is 0.165 e. The third-order valence-electron chi connectivity index (χ3n) is 3.99. The molecule has 2 aromatic rings. The van der Waals surface area contributed by atoms with Crippen molar-refractivity contribution in [2.45, 2.75) is 52.2 Å². The van der Waals surface area contributed by atoms with Crippen molar-refractivity contribution in [3.05, 3.63) is 41.5 Å². The fourth-order valence-corrected chi connectivity index (χ4v) is 2.70. The standard InChI is InChI=1S/C16H22FN5/c1-16(2,3)15(11-4-6-12(17)7-5-11)18-10-14-19-20-21-22(14)13-8-9-13/h4-7,13,15,18H,8-10H2,1-3H3. The first-order valence-corrected chi connectivity index (χ1v) is 7.71. The molecule has 1 saturated carbocycles. The van der Waals surface area contributed by atoms with Gasteiger partial charge < -0.3 is 5.32 Å². The van der Waals surface area contributed by atoms with Crippen LogP contribution >= 0.6 is 0 Å². The first kappa shape index (κ1) is 15.1. The molecule has 0 bridgehead atoms. The summed E-state index contributed by atoms with van der Waals surface area (Å²) in [6.45, 7) is 7.09. The van der Waals surface area contributed by atoms with E-state index in [1.54, 1.807) is 0 Å². The molecule has 1 N–H and O–H groups in total. The molecule has 1 atom stereocenters. The van der Waals surface area contributed by atoms with Gasteiger partial charge in [-0.15, -0.1) is 5.10 Å². The Balaban J connectivity index is 1.75. The maximum absolute atomic E-state index is 13.2. The molecular formula is C16H22FN5. The first-order chi connectivity index (χ1) is 10.4. The summed E-state index contributed by atoms with van der Waals surface area (Å²) in [6.07, 6.45) is 2.30. The lowest BCUT2D eigenvalue weighted by atomic mass is 9.82. The quantitative estimate of drug-likeness (QED) is 0.922. The van der Waals surface area contributed by atoms with E-state index in [4.69, 9.17) is 0 Å². The molecule has 1 unspecified atom stereocenters. The lowest BCUT2D eigenvalue weighted by molar-refractivity contribution is 0.267. The van der Waals surface area contributed by atoms with Gasteiger partial charge in [0.2, 0.25) is 0 Å².